The van der Waals surface area contributed by atoms with Crippen molar-refractivity contribution >= 4 is 23.6 Å². The zero-order chi connectivity index (χ0) is 15.9. The van der Waals surface area contributed by atoms with Gasteiger partial charge >= 0.3 is 0 Å². The van der Waals surface area contributed by atoms with Gasteiger partial charge in [0.1, 0.15) is 11.6 Å². The normalized spacial score (nSPS) is 10.9. The average molecular weight is 322 g/mol. The van der Waals surface area contributed by atoms with Crippen molar-refractivity contribution < 1.29 is 13.6 Å². The number of hydrogen-bond acceptors (Lipinski definition) is 1. The molecule has 1 amide bonds. The lowest BCUT2D eigenvalue weighted by Crippen LogP contribution is -2.23. The topological polar surface area (TPSA) is 29.1 Å². The van der Waals surface area contributed by atoms with Gasteiger partial charge in [-0.3, -0.25) is 4.79 Å². The summed E-state index contributed by atoms with van der Waals surface area (Å²) in [7, 11) is 0. The van der Waals surface area contributed by atoms with Crippen molar-refractivity contribution in [1.29, 1.82) is 0 Å². The van der Waals surface area contributed by atoms with Gasteiger partial charge in [0.25, 0.3) is 0 Å². The Kier molecular flexibility index (Phi) is 5.67. The first-order chi connectivity index (χ1) is 10.6. The van der Waals surface area contributed by atoms with Crippen LogP contribution in [0.2, 0.25) is 5.02 Å². The van der Waals surface area contributed by atoms with Crippen LogP contribution in [0.4, 0.5) is 8.78 Å². The molecule has 0 spiro atoms. The minimum Gasteiger partial charge on any atom is -0.352 e. The summed E-state index contributed by atoms with van der Waals surface area (Å²) in [4.78, 5) is 11.7. The van der Waals surface area contributed by atoms with Gasteiger partial charge in [-0.25, -0.2) is 8.78 Å². The number of halogens is 3. The van der Waals surface area contributed by atoms with E-state index in [0.717, 1.165) is 5.56 Å². The maximum Gasteiger partial charge on any atom is 0.244 e. The van der Waals surface area contributed by atoms with Crippen LogP contribution >= 0.6 is 11.6 Å². The highest BCUT2D eigenvalue weighted by Gasteiger charge is 2.04. The standard InChI is InChI=1S/C17H14ClF2NO/c18-15-2-1-3-16(20)14(15)8-9-17(22)21-11-10-12-4-6-13(19)7-5-12/h1-9H,10-11H2,(H,21,22)/b9-8+. The van der Waals surface area contributed by atoms with Crippen LogP contribution < -0.4 is 5.32 Å². The minimum atomic E-state index is -0.483. The Bertz CT molecular complexity index is 663. The first-order valence-electron chi connectivity index (χ1n) is 6.70. The lowest BCUT2D eigenvalue weighted by atomic mass is 10.1. The van der Waals surface area contributed by atoms with E-state index in [1.54, 1.807) is 18.2 Å². The van der Waals surface area contributed by atoms with Crippen LogP contribution in [0.5, 0.6) is 0 Å². The van der Waals surface area contributed by atoms with Crippen molar-refractivity contribution in [3.63, 3.8) is 0 Å². The van der Waals surface area contributed by atoms with Crippen molar-refractivity contribution in [3.05, 3.63) is 76.3 Å². The summed E-state index contributed by atoms with van der Waals surface area (Å²) in [6.45, 7) is 0.403. The van der Waals surface area contributed by atoms with Crippen molar-refractivity contribution in [1.82, 2.24) is 5.32 Å². The molecule has 5 heteroatoms. The van der Waals surface area contributed by atoms with Gasteiger partial charge in [-0.15, -0.1) is 0 Å². The molecular weight excluding hydrogens is 308 g/mol. The third-order valence-electron chi connectivity index (χ3n) is 3.03. The SMILES string of the molecule is O=C(/C=C/c1c(F)cccc1Cl)NCCc1ccc(F)cc1. The van der Waals surface area contributed by atoms with Crippen LogP contribution in [-0.4, -0.2) is 12.5 Å². The second-order valence-corrected chi connectivity index (χ2v) is 5.04. The number of rotatable bonds is 5. The van der Waals surface area contributed by atoms with E-state index in [9.17, 15) is 13.6 Å². The van der Waals surface area contributed by atoms with Crippen molar-refractivity contribution in [2.75, 3.05) is 6.54 Å². The highest BCUT2D eigenvalue weighted by atomic mass is 35.5. The van der Waals surface area contributed by atoms with Crippen LogP contribution in [0, 0.1) is 11.6 Å². The van der Waals surface area contributed by atoms with E-state index in [2.05, 4.69) is 5.32 Å². The fraction of sp³-hybridized carbons (Fsp3) is 0.118. The Labute approximate surface area is 132 Å². The molecule has 0 heterocycles. The van der Waals surface area contributed by atoms with Crippen molar-refractivity contribution in [3.8, 4) is 0 Å². The third kappa shape index (κ3) is 4.67. The predicted molar refractivity (Wildman–Crippen MR) is 83.6 cm³/mol. The highest BCUT2D eigenvalue weighted by molar-refractivity contribution is 6.32. The van der Waals surface area contributed by atoms with Gasteiger partial charge in [0.2, 0.25) is 5.91 Å². The van der Waals surface area contributed by atoms with Gasteiger partial charge in [-0.2, -0.15) is 0 Å². The molecule has 1 N–H and O–H groups in total. The van der Waals surface area contributed by atoms with E-state index in [0.29, 0.717) is 13.0 Å². The smallest absolute Gasteiger partial charge is 0.244 e. The second kappa shape index (κ2) is 7.71. The molecule has 0 saturated heterocycles. The van der Waals surface area contributed by atoms with Gasteiger partial charge in [0, 0.05) is 18.2 Å². The summed E-state index contributed by atoms with van der Waals surface area (Å²) in [5.41, 5.74) is 1.10. The van der Waals surface area contributed by atoms with E-state index in [1.807, 2.05) is 0 Å². The number of carbonyl (C=O) groups is 1. The largest absolute Gasteiger partial charge is 0.352 e. The molecule has 0 saturated carbocycles. The quantitative estimate of drug-likeness (QED) is 0.829. The fourth-order valence-electron chi connectivity index (χ4n) is 1.87. The van der Waals surface area contributed by atoms with Crippen LogP contribution in [0.1, 0.15) is 11.1 Å². The number of carbonyl (C=O) groups excluding carboxylic acids is 1. The Morgan fingerprint density at radius 3 is 2.55 bits per heavy atom. The fourth-order valence-corrected chi connectivity index (χ4v) is 2.09. The number of benzene rings is 2. The Hall–Kier alpha value is -2.20. The van der Waals surface area contributed by atoms with E-state index in [-0.39, 0.29) is 22.3 Å². The molecule has 0 unspecified atom stereocenters. The molecule has 0 bridgehead atoms. The second-order valence-electron chi connectivity index (χ2n) is 4.64. The molecule has 0 aromatic heterocycles. The molecule has 114 valence electrons. The van der Waals surface area contributed by atoms with Gasteiger partial charge in [-0.05, 0) is 42.3 Å². The monoisotopic (exact) mass is 321 g/mol. The maximum atomic E-state index is 13.5. The first kappa shape index (κ1) is 16.2. The zero-order valence-corrected chi connectivity index (χ0v) is 12.4. The third-order valence-corrected chi connectivity index (χ3v) is 3.36. The molecule has 2 nitrogen and oxygen atoms in total. The Morgan fingerprint density at radius 1 is 1.14 bits per heavy atom. The number of nitrogens with one attached hydrogen (secondary N) is 1. The molecule has 2 aromatic rings. The molecule has 2 rings (SSSR count). The summed E-state index contributed by atoms with van der Waals surface area (Å²) in [6, 6.07) is 10.4. The first-order valence-corrected chi connectivity index (χ1v) is 7.08. The van der Waals surface area contributed by atoms with E-state index in [4.69, 9.17) is 11.6 Å². The van der Waals surface area contributed by atoms with Crippen molar-refractivity contribution in [2.45, 2.75) is 6.42 Å². The van der Waals surface area contributed by atoms with E-state index >= 15 is 0 Å². The van der Waals surface area contributed by atoms with Crippen molar-refractivity contribution in [2.24, 2.45) is 0 Å². The summed E-state index contributed by atoms with van der Waals surface area (Å²) in [6.07, 6.45) is 3.15. The maximum absolute atomic E-state index is 13.5. The van der Waals surface area contributed by atoms with Gasteiger partial charge in [0.05, 0.1) is 5.02 Å². The number of hydrogen-bond donors (Lipinski definition) is 1. The Balaban J connectivity index is 1.85. The Morgan fingerprint density at radius 2 is 1.86 bits per heavy atom. The van der Waals surface area contributed by atoms with Gasteiger partial charge in [-0.1, -0.05) is 29.8 Å². The molecule has 0 aliphatic carbocycles. The summed E-state index contributed by atoms with van der Waals surface area (Å²) in [5.74, 6) is -1.12. The molecule has 0 atom stereocenters. The van der Waals surface area contributed by atoms with E-state index in [1.165, 1.54) is 36.4 Å². The van der Waals surface area contributed by atoms with Gasteiger partial charge < -0.3 is 5.32 Å². The van der Waals surface area contributed by atoms with Crippen LogP contribution in [0.15, 0.2) is 48.5 Å². The molecule has 0 aliphatic rings. The molecule has 2 aromatic carbocycles. The molecular formula is C17H14ClF2NO. The minimum absolute atomic E-state index is 0.179. The van der Waals surface area contributed by atoms with Crippen LogP contribution in [0.25, 0.3) is 6.08 Å². The lowest BCUT2D eigenvalue weighted by molar-refractivity contribution is -0.116. The molecule has 0 aliphatic heterocycles. The van der Waals surface area contributed by atoms with Gasteiger partial charge in [0.15, 0.2) is 0 Å². The van der Waals surface area contributed by atoms with Crippen LogP contribution in [-0.2, 0) is 11.2 Å². The summed E-state index contributed by atoms with van der Waals surface area (Å²) in [5, 5.41) is 2.92. The molecule has 0 fully saturated rings. The van der Waals surface area contributed by atoms with E-state index < -0.39 is 5.82 Å². The number of amides is 1. The summed E-state index contributed by atoms with van der Waals surface area (Å²) < 4.78 is 26.3. The molecule has 22 heavy (non-hydrogen) atoms. The summed E-state index contributed by atoms with van der Waals surface area (Å²) >= 11 is 5.86. The highest BCUT2D eigenvalue weighted by Crippen LogP contribution is 2.20. The van der Waals surface area contributed by atoms with Crippen LogP contribution in [0.3, 0.4) is 0 Å². The average Bonchev–Trinajstić information content (AvgIpc) is 2.49. The predicted octanol–water partition coefficient (Wildman–Crippen LogP) is 3.99. The lowest BCUT2D eigenvalue weighted by Gasteiger charge is -2.03. The zero-order valence-electron chi connectivity index (χ0n) is 11.7. The molecule has 0 radical (unpaired) electrons.